The predicted molar refractivity (Wildman–Crippen MR) is 128 cm³/mol. The van der Waals surface area contributed by atoms with Gasteiger partial charge in [0.15, 0.2) is 11.5 Å². The van der Waals surface area contributed by atoms with E-state index >= 15 is 0 Å². The van der Waals surface area contributed by atoms with Crippen molar-refractivity contribution < 1.29 is 33.6 Å². The number of aliphatic hydroxyl groups excluding tert-OH is 1. The number of rotatable bonds is 10. The van der Waals surface area contributed by atoms with Crippen molar-refractivity contribution in [3.8, 4) is 17.2 Å². The number of methoxy groups -OCH3 is 3. The molecular weight excluding hydrogens is 462 g/mol. The average molecular weight is 490 g/mol. The summed E-state index contributed by atoms with van der Waals surface area (Å²) in [5, 5.41) is 11.5. The lowest BCUT2D eigenvalue weighted by Gasteiger charge is -2.26. The highest BCUT2D eigenvalue weighted by Crippen LogP contribution is 2.42. The maximum Gasteiger partial charge on any atom is 0.295 e. The Labute approximate surface area is 203 Å². The van der Waals surface area contributed by atoms with E-state index in [1.807, 2.05) is 6.92 Å². The normalized spacial score (nSPS) is 17.2. The molecule has 3 rings (SSSR count). The van der Waals surface area contributed by atoms with Gasteiger partial charge in [0, 0.05) is 25.8 Å². The quantitative estimate of drug-likeness (QED) is 0.231. The van der Waals surface area contributed by atoms with Crippen LogP contribution in [0, 0.1) is 0 Å². The van der Waals surface area contributed by atoms with Crippen molar-refractivity contribution in [3.05, 3.63) is 58.1 Å². The third-order valence-corrected chi connectivity index (χ3v) is 5.81. The van der Waals surface area contributed by atoms with E-state index in [2.05, 4.69) is 0 Å². The van der Waals surface area contributed by atoms with E-state index in [4.69, 9.17) is 30.5 Å². The van der Waals surface area contributed by atoms with Crippen LogP contribution in [0.4, 0.5) is 0 Å². The number of hydrogen-bond donors (Lipinski definition) is 1. The topological polar surface area (TPSA) is 94.5 Å². The second kappa shape index (κ2) is 11.3. The van der Waals surface area contributed by atoms with Gasteiger partial charge in [0.2, 0.25) is 0 Å². The molecule has 182 valence electrons. The second-order valence-corrected chi connectivity index (χ2v) is 7.94. The Morgan fingerprint density at radius 3 is 2.35 bits per heavy atom. The van der Waals surface area contributed by atoms with Crippen molar-refractivity contribution in [2.24, 2.45) is 0 Å². The summed E-state index contributed by atoms with van der Waals surface area (Å²) in [5.41, 5.74) is 0.858. The maximum atomic E-state index is 13.1. The van der Waals surface area contributed by atoms with Crippen LogP contribution in [-0.2, 0) is 14.3 Å². The van der Waals surface area contributed by atoms with E-state index in [-0.39, 0.29) is 22.9 Å². The summed E-state index contributed by atoms with van der Waals surface area (Å²) in [6.45, 7) is 2.93. The van der Waals surface area contributed by atoms with Crippen LogP contribution in [0.3, 0.4) is 0 Å². The number of ether oxygens (including phenoxy) is 4. The molecule has 1 N–H and O–H groups in total. The van der Waals surface area contributed by atoms with Crippen molar-refractivity contribution in [3.63, 3.8) is 0 Å². The molecule has 9 heteroatoms. The molecule has 1 amide bonds. The Bertz CT molecular complexity index is 1100. The molecule has 1 fully saturated rings. The molecule has 1 saturated heterocycles. The summed E-state index contributed by atoms with van der Waals surface area (Å²) in [5.74, 6) is -0.406. The molecule has 0 saturated carbocycles. The molecule has 2 aromatic rings. The number of carbonyl (C=O) groups is 2. The molecule has 0 aromatic heterocycles. The number of ketones is 1. The third-order valence-electron chi connectivity index (χ3n) is 5.52. The zero-order chi connectivity index (χ0) is 24.8. The average Bonchev–Trinajstić information content (AvgIpc) is 3.09. The van der Waals surface area contributed by atoms with Crippen LogP contribution in [0.15, 0.2) is 42.0 Å². The van der Waals surface area contributed by atoms with E-state index in [9.17, 15) is 14.7 Å². The highest BCUT2D eigenvalue weighted by molar-refractivity contribution is 6.46. The molecule has 0 spiro atoms. The molecule has 1 aliphatic heterocycles. The first-order valence-corrected chi connectivity index (χ1v) is 11.2. The van der Waals surface area contributed by atoms with Gasteiger partial charge in [0.25, 0.3) is 11.7 Å². The van der Waals surface area contributed by atoms with Crippen LogP contribution in [-0.4, -0.2) is 62.8 Å². The molecule has 1 aliphatic rings. The fourth-order valence-electron chi connectivity index (χ4n) is 3.94. The molecule has 0 bridgehead atoms. The standard InChI is InChI=1S/C25H28ClNO7/c1-5-34-18-9-8-16(13-17(18)26)23(28)21-22(15-7-10-19(32-3)20(14-15)33-4)27(11-6-12-31-2)25(30)24(21)29/h7-10,13-14,22,28H,5-6,11-12H2,1-4H3/b23-21-. The van der Waals surface area contributed by atoms with Gasteiger partial charge in [0.05, 0.1) is 37.5 Å². The minimum Gasteiger partial charge on any atom is -0.507 e. The Morgan fingerprint density at radius 1 is 1.03 bits per heavy atom. The van der Waals surface area contributed by atoms with Gasteiger partial charge in [-0.3, -0.25) is 9.59 Å². The van der Waals surface area contributed by atoms with Crippen LogP contribution in [0.1, 0.15) is 30.5 Å². The Morgan fingerprint density at radius 2 is 1.74 bits per heavy atom. The fourth-order valence-corrected chi connectivity index (χ4v) is 4.17. The number of carbonyl (C=O) groups excluding carboxylic acids is 2. The minimum atomic E-state index is -0.831. The van der Waals surface area contributed by atoms with Crippen LogP contribution >= 0.6 is 11.6 Å². The van der Waals surface area contributed by atoms with Gasteiger partial charge in [-0.2, -0.15) is 0 Å². The molecule has 0 radical (unpaired) electrons. The fraction of sp³-hybridized carbons (Fsp3) is 0.360. The molecule has 1 heterocycles. The summed E-state index contributed by atoms with van der Waals surface area (Å²) >= 11 is 6.30. The SMILES string of the molecule is CCOc1ccc(/C(O)=C2/C(=O)C(=O)N(CCCOC)C2c2ccc(OC)c(OC)c2)cc1Cl. The zero-order valence-corrected chi connectivity index (χ0v) is 20.3. The smallest absolute Gasteiger partial charge is 0.295 e. The van der Waals surface area contributed by atoms with Gasteiger partial charge >= 0.3 is 0 Å². The molecular formula is C25H28ClNO7. The maximum absolute atomic E-state index is 13.1. The summed E-state index contributed by atoms with van der Waals surface area (Å²) in [4.78, 5) is 27.6. The molecule has 8 nitrogen and oxygen atoms in total. The van der Waals surface area contributed by atoms with Gasteiger partial charge in [0.1, 0.15) is 11.5 Å². The lowest BCUT2D eigenvalue weighted by Crippen LogP contribution is -2.31. The van der Waals surface area contributed by atoms with E-state index in [0.717, 1.165) is 0 Å². The number of benzene rings is 2. The first kappa shape index (κ1) is 25.4. The third kappa shape index (κ3) is 4.98. The van der Waals surface area contributed by atoms with E-state index in [0.29, 0.717) is 48.0 Å². The van der Waals surface area contributed by atoms with Gasteiger partial charge < -0.3 is 29.0 Å². The monoisotopic (exact) mass is 489 g/mol. The van der Waals surface area contributed by atoms with Crippen LogP contribution < -0.4 is 14.2 Å². The number of amides is 1. The van der Waals surface area contributed by atoms with Crippen molar-refractivity contribution >= 4 is 29.1 Å². The lowest BCUT2D eigenvalue weighted by molar-refractivity contribution is -0.140. The molecule has 34 heavy (non-hydrogen) atoms. The van der Waals surface area contributed by atoms with E-state index in [1.165, 1.54) is 25.2 Å². The van der Waals surface area contributed by atoms with Crippen LogP contribution in [0.25, 0.3) is 5.76 Å². The Balaban J connectivity index is 2.15. The molecule has 1 atom stereocenters. The minimum absolute atomic E-state index is 0.0325. The van der Waals surface area contributed by atoms with Gasteiger partial charge in [-0.25, -0.2) is 0 Å². The van der Waals surface area contributed by atoms with E-state index in [1.54, 1.807) is 37.4 Å². The number of hydrogen-bond acceptors (Lipinski definition) is 7. The van der Waals surface area contributed by atoms with Crippen molar-refractivity contribution in [2.45, 2.75) is 19.4 Å². The number of Topliss-reactive ketones (excluding diaryl/α,β-unsaturated/α-hetero) is 1. The van der Waals surface area contributed by atoms with Gasteiger partial charge in [-0.1, -0.05) is 17.7 Å². The number of aliphatic hydroxyl groups is 1. The van der Waals surface area contributed by atoms with E-state index < -0.39 is 17.7 Å². The molecule has 2 aromatic carbocycles. The van der Waals surface area contributed by atoms with Crippen molar-refractivity contribution in [1.29, 1.82) is 0 Å². The summed E-state index contributed by atoms with van der Waals surface area (Å²) < 4.78 is 21.3. The van der Waals surface area contributed by atoms with Crippen LogP contribution in [0.2, 0.25) is 5.02 Å². The first-order chi connectivity index (χ1) is 16.4. The highest BCUT2D eigenvalue weighted by atomic mass is 35.5. The second-order valence-electron chi connectivity index (χ2n) is 7.53. The number of likely N-dealkylation sites (tertiary alicyclic amines) is 1. The largest absolute Gasteiger partial charge is 0.507 e. The van der Waals surface area contributed by atoms with Gasteiger partial charge in [-0.05, 0) is 49.2 Å². The molecule has 1 unspecified atom stereocenters. The van der Waals surface area contributed by atoms with Crippen molar-refractivity contribution in [2.75, 3.05) is 41.1 Å². The highest BCUT2D eigenvalue weighted by Gasteiger charge is 2.46. The number of nitrogens with zero attached hydrogens (tertiary/aromatic N) is 1. The summed E-state index contributed by atoms with van der Waals surface area (Å²) in [7, 11) is 4.58. The predicted octanol–water partition coefficient (Wildman–Crippen LogP) is 4.21. The first-order valence-electron chi connectivity index (χ1n) is 10.8. The zero-order valence-electron chi connectivity index (χ0n) is 19.6. The van der Waals surface area contributed by atoms with Crippen LogP contribution in [0.5, 0.6) is 17.2 Å². The Hall–Kier alpha value is -3.23. The summed E-state index contributed by atoms with van der Waals surface area (Å²) in [6, 6.07) is 9.00. The van der Waals surface area contributed by atoms with Crippen molar-refractivity contribution in [1.82, 2.24) is 4.90 Å². The van der Waals surface area contributed by atoms with Gasteiger partial charge in [-0.15, -0.1) is 0 Å². The molecule has 0 aliphatic carbocycles. The number of halogens is 1. The lowest BCUT2D eigenvalue weighted by atomic mass is 9.95. The Kier molecular flexibility index (Phi) is 8.41. The summed E-state index contributed by atoms with van der Waals surface area (Å²) in [6.07, 6.45) is 0.516.